The van der Waals surface area contributed by atoms with Crippen molar-refractivity contribution in [2.75, 3.05) is 0 Å². The van der Waals surface area contributed by atoms with Crippen LogP contribution in [0.5, 0.6) is 0 Å². The van der Waals surface area contributed by atoms with E-state index in [1.807, 2.05) is 53.8 Å². The Morgan fingerprint density at radius 2 is 1.66 bits per heavy atom. The van der Waals surface area contributed by atoms with Crippen LogP contribution in [-0.4, -0.2) is 4.57 Å². The van der Waals surface area contributed by atoms with Crippen LogP contribution in [0.4, 0.5) is 0 Å². The minimum absolute atomic E-state index is 0.0264. The highest BCUT2D eigenvalue weighted by Gasteiger charge is 2.52. The van der Waals surface area contributed by atoms with Gasteiger partial charge in [-0.1, -0.05) is 82.3 Å². The lowest BCUT2D eigenvalue weighted by Crippen LogP contribution is -2.33. The van der Waals surface area contributed by atoms with E-state index in [-0.39, 0.29) is 16.7 Å². The zero-order valence-corrected chi connectivity index (χ0v) is 27.7. The topological polar surface area (TPSA) is 52.5 Å². The van der Waals surface area contributed by atoms with Crippen LogP contribution in [0.15, 0.2) is 97.1 Å². The van der Waals surface area contributed by atoms with Crippen molar-refractivity contribution in [1.29, 1.82) is 10.5 Å². The summed E-state index contributed by atoms with van der Waals surface area (Å²) in [5.41, 5.74) is 10.8. The molecule has 2 heterocycles. The largest absolute Gasteiger partial charge is 0.307 e. The van der Waals surface area contributed by atoms with Crippen LogP contribution in [-0.2, 0) is 17.3 Å². The Balaban J connectivity index is 1.30. The van der Waals surface area contributed by atoms with Gasteiger partial charge in [0.25, 0.3) is 0 Å². The van der Waals surface area contributed by atoms with Gasteiger partial charge in [-0.25, -0.2) is 0 Å². The molecule has 3 nitrogen and oxygen atoms in total. The first-order valence-corrected chi connectivity index (χ1v) is 17.2. The molecule has 3 aliphatic rings. The molecule has 9 rings (SSSR count). The number of fused-ring (bicyclic) bond motifs is 9. The molecule has 3 aliphatic carbocycles. The Morgan fingerprint density at radius 3 is 2.49 bits per heavy atom. The molecule has 0 N–H and O–H groups in total. The number of hydrogen-bond acceptors (Lipinski definition) is 3. The fourth-order valence-electron chi connectivity index (χ4n) is 9.07. The number of hydrogen-bond donors (Lipinski definition) is 0. The van der Waals surface area contributed by atoms with Crippen molar-refractivity contribution >= 4 is 54.9 Å². The van der Waals surface area contributed by atoms with Gasteiger partial charge in [-0.3, -0.25) is 0 Å². The third kappa shape index (κ3) is 3.71. The summed E-state index contributed by atoms with van der Waals surface area (Å²) in [5.74, 6) is 0.707. The summed E-state index contributed by atoms with van der Waals surface area (Å²) in [6, 6.07) is 30.2. The van der Waals surface area contributed by atoms with Gasteiger partial charge in [-0.05, 0) is 94.5 Å². The second-order valence-corrected chi connectivity index (χ2v) is 15.4. The maximum Gasteiger partial charge on any atom is 0.101 e. The SMILES string of the molecule is CC1Cc2sc3cc4c(cc3c2C=C1c1cccc(C#N)c1-n1c2ccccc2c2cc(C#N)ccc21)C1(C)C=CC=CC1C4(C)C. The Morgan fingerprint density at radius 1 is 0.830 bits per heavy atom. The molecule has 3 unspecified atom stereocenters. The van der Waals surface area contributed by atoms with Crippen LogP contribution in [0.1, 0.15) is 66.0 Å². The molecule has 2 aromatic heterocycles. The molecule has 0 amide bonds. The quantitative estimate of drug-likeness (QED) is 0.193. The number of benzene rings is 4. The smallest absolute Gasteiger partial charge is 0.101 e. The molecule has 226 valence electrons. The fraction of sp³-hybridized carbons (Fsp3) is 0.209. The minimum atomic E-state index is -0.0264. The van der Waals surface area contributed by atoms with Gasteiger partial charge in [0.05, 0.1) is 33.9 Å². The van der Waals surface area contributed by atoms with E-state index in [2.05, 4.69) is 105 Å². The summed E-state index contributed by atoms with van der Waals surface area (Å²) in [6.45, 7) is 9.54. The zero-order chi connectivity index (χ0) is 32.2. The van der Waals surface area contributed by atoms with Gasteiger partial charge in [0, 0.05) is 36.7 Å². The molecule has 4 aromatic carbocycles. The maximum absolute atomic E-state index is 10.5. The molecule has 0 aliphatic heterocycles. The van der Waals surface area contributed by atoms with Crippen molar-refractivity contribution in [3.63, 3.8) is 0 Å². The van der Waals surface area contributed by atoms with E-state index in [0.29, 0.717) is 17.0 Å². The van der Waals surface area contributed by atoms with Gasteiger partial charge >= 0.3 is 0 Å². The molecule has 0 radical (unpaired) electrons. The van der Waals surface area contributed by atoms with E-state index < -0.39 is 0 Å². The minimum Gasteiger partial charge on any atom is -0.307 e. The molecule has 47 heavy (non-hydrogen) atoms. The van der Waals surface area contributed by atoms with Crippen molar-refractivity contribution in [3.05, 3.63) is 135 Å². The summed E-state index contributed by atoms with van der Waals surface area (Å²) in [6.07, 6.45) is 12.6. The summed E-state index contributed by atoms with van der Waals surface area (Å²) in [7, 11) is 0. The molecule has 0 saturated heterocycles. The van der Waals surface area contributed by atoms with Crippen molar-refractivity contribution < 1.29 is 0 Å². The predicted octanol–water partition coefficient (Wildman–Crippen LogP) is 10.8. The highest BCUT2D eigenvalue weighted by Crippen LogP contribution is 2.58. The molecule has 6 aromatic rings. The Kier molecular flexibility index (Phi) is 5.78. The highest BCUT2D eigenvalue weighted by atomic mass is 32.1. The van der Waals surface area contributed by atoms with Crippen LogP contribution >= 0.6 is 11.3 Å². The van der Waals surface area contributed by atoms with E-state index in [0.717, 1.165) is 39.5 Å². The molecule has 0 bridgehead atoms. The number of nitriles is 2. The van der Waals surface area contributed by atoms with Crippen LogP contribution in [0.3, 0.4) is 0 Å². The fourth-order valence-corrected chi connectivity index (χ4v) is 10.4. The molecule has 0 fully saturated rings. The molecular formula is C43H33N3S. The molecule has 3 atom stereocenters. The van der Waals surface area contributed by atoms with Gasteiger partial charge in [0.1, 0.15) is 6.07 Å². The van der Waals surface area contributed by atoms with Crippen LogP contribution in [0.2, 0.25) is 0 Å². The number of rotatable bonds is 2. The number of para-hydroxylation sites is 2. The lowest BCUT2D eigenvalue weighted by atomic mass is 9.67. The maximum atomic E-state index is 10.5. The van der Waals surface area contributed by atoms with Gasteiger partial charge < -0.3 is 4.57 Å². The Labute approximate surface area is 279 Å². The van der Waals surface area contributed by atoms with Crippen molar-refractivity contribution in [1.82, 2.24) is 4.57 Å². The molecule has 0 saturated carbocycles. The van der Waals surface area contributed by atoms with Gasteiger partial charge in [-0.2, -0.15) is 10.5 Å². The summed E-state index contributed by atoms with van der Waals surface area (Å²) in [5, 5.41) is 23.6. The van der Waals surface area contributed by atoms with Gasteiger partial charge in [0.15, 0.2) is 0 Å². The standard InChI is InChI=1S/C43H33N3S/c1-25-18-38-32(33-21-35-34(22-39(33)47-38)42(2,3)40-14-7-8-17-43(35,40)4)20-30(25)29-12-9-10-27(24-45)41(29)46-36-13-6-5-11-28(36)31-19-26(23-44)15-16-37(31)46/h5-17,19-22,25,40H,18H2,1-4H3. The van der Waals surface area contributed by atoms with Crippen molar-refractivity contribution in [2.45, 2.75) is 44.9 Å². The Bertz CT molecular complexity index is 2540. The van der Waals surface area contributed by atoms with Crippen molar-refractivity contribution in [2.24, 2.45) is 11.8 Å². The third-order valence-corrected chi connectivity index (χ3v) is 12.5. The lowest BCUT2D eigenvalue weighted by molar-refractivity contribution is 0.324. The van der Waals surface area contributed by atoms with E-state index in [1.54, 1.807) is 0 Å². The Hall–Kier alpha value is -5.16. The predicted molar refractivity (Wildman–Crippen MR) is 195 cm³/mol. The van der Waals surface area contributed by atoms with E-state index in [1.165, 1.54) is 37.2 Å². The average Bonchev–Trinajstić information content (AvgIpc) is 3.66. The lowest BCUT2D eigenvalue weighted by Gasteiger charge is -2.36. The second-order valence-electron chi connectivity index (χ2n) is 14.3. The monoisotopic (exact) mass is 623 g/mol. The molecular weight excluding hydrogens is 591 g/mol. The summed E-state index contributed by atoms with van der Waals surface area (Å²) >= 11 is 1.95. The van der Waals surface area contributed by atoms with Gasteiger partial charge in [0.2, 0.25) is 0 Å². The molecule has 0 spiro atoms. The summed E-state index contributed by atoms with van der Waals surface area (Å²) in [4.78, 5) is 1.44. The van der Waals surface area contributed by atoms with Gasteiger partial charge in [-0.15, -0.1) is 11.3 Å². The average molecular weight is 624 g/mol. The van der Waals surface area contributed by atoms with Crippen molar-refractivity contribution in [3.8, 4) is 17.8 Å². The number of nitrogens with zero attached hydrogens (tertiary/aromatic N) is 3. The number of aromatic nitrogens is 1. The number of thiophene rings is 1. The first-order valence-electron chi connectivity index (χ1n) is 16.4. The highest BCUT2D eigenvalue weighted by molar-refractivity contribution is 7.19. The van der Waals surface area contributed by atoms with Crippen LogP contribution in [0, 0.1) is 34.5 Å². The normalized spacial score (nSPS) is 22.1. The van der Waals surface area contributed by atoms with E-state index >= 15 is 0 Å². The second kappa shape index (κ2) is 9.68. The van der Waals surface area contributed by atoms with Crippen LogP contribution in [0.25, 0.3) is 49.2 Å². The third-order valence-electron chi connectivity index (χ3n) is 11.3. The number of allylic oxidation sites excluding steroid dienone is 5. The van der Waals surface area contributed by atoms with E-state index in [4.69, 9.17) is 0 Å². The summed E-state index contributed by atoms with van der Waals surface area (Å²) < 4.78 is 3.61. The van der Waals surface area contributed by atoms with Crippen LogP contribution < -0.4 is 0 Å². The first kappa shape index (κ1) is 28.1. The first-order chi connectivity index (χ1) is 22.7. The zero-order valence-electron chi connectivity index (χ0n) is 26.9. The molecule has 4 heteroatoms. The van der Waals surface area contributed by atoms with E-state index in [9.17, 15) is 10.5 Å².